The van der Waals surface area contributed by atoms with E-state index in [0.717, 1.165) is 41.1 Å². The van der Waals surface area contributed by atoms with Crippen LogP contribution in [0.2, 0.25) is 0 Å². The lowest BCUT2D eigenvalue weighted by Gasteiger charge is -1.96. The highest BCUT2D eigenvalue weighted by Crippen LogP contribution is 2.34. The van der Waals surface area contributed by atoms with E-state index >= 15 is 0 Å². The maximum atomic E-state index is 4.40. The predicted octanol–water partition coefficient (Wildman–Crippen LogP) is 4.52. The first-order chi connectivity index (χ1) is 13.9. The molecule has 0 spiro atoms. The van der Waals surface area contributed by atoms with Gasteiger partial charge in [0, 0.05) is 48.1 Å². The van der Waals surface area contributed by atoms with Crippen LogP contribution in [0.4, 0.5) is 0 Å². The summed E-state index contributed by atoms with van der Waals surface area (Å²) in [6.07, 6.45) is 10.5. The van der Waals surface area contributed by atoms with Gasteiger partial charge in [-0.1, -0.05) is 44.2 Å². The van der Waals surface area contributed by atoms with Crippen molar-refractivity contribution in [2.45, 2.75) is 26.7 Å². The van der Waals surface area contributed by atoms with E-state index < -0.39 is 0 Å². The number of nitrogens with zero attached hydrogens (tertiary/aromatic N) is 5. The Labute approximate surface area is 164 Å². The van der Waals surface area contributed by atoms with E-state index in [1.165, 1.54) is 16.7 Å². The Morgan fingerprint density at radius 1 is 0.607 bits per heavy atom. The molecule has 0 fully saturated rings. The number of pyridine rings is 1. The van der Waals surface area contributed by atoms with Crippen LogP contribution in [0, 0.1) is 0 Å². The first-order valence-corrected chi connectivity index (χ1v) is 9.50. The lowest BCUT2D eigenvalue weighted by atomic mass is 10.1. The van der Waals surface area contributed by atoms with Gasteiger partial charge in [0.05, 0.1) is 17.1 Å². The smallest absolute Gasteiger partial charge is 0.116 e. The van der Waals surface area contributed by atoms with Crippen molar-refractivity contribution in [3.8, 4) is 22.6 Å². The number of hydrogen-bond donors (Lipinski definition) is 0. The molecule has 0 unspecified atom stereocenters. The Hall–Kier alpha value is -3.47. The van der Waals surface area contributed by atoms with Gasteiger partial charge in [-0.2, -0.15) is 0 Å². The van der Waals surface area contributed by atoms with Gasteiger partial charge < -0.3 is 0 Å². The van der Waals surface area contributed by atoms with Crippen LogP contribution in [0.25, 0.3) is 22.6 Å². The Kier molecular flexibility index (Phi) is 5.15. The number of aromatic nitrogens is 5. The van der Waals surface area contributed by atoms with E-state index in [4.69, 9.17) is 0 Å². The van der Waals surface area contributed by atoms with Gasteiger partial charge in [-0.3, -0.25) is 4.98 Å². The molecular weight excluding hydrogens is 346 g/mol. The summed E-state index contributed by atoms with van der Waals surface area (Å²) in [4.78, 5) is 20.8. The molecule has 0 atom stereocenters. The van der Waals surface area contributed by atoms with Crippen molar-refractivity contribution in [1.82, 2.24) is 24.9 Å². The van der Waals surface area contributed by atoms with Gasteiger partial charge in [0.15, 0.2) is 0 Å². The molecule has 1 aromatic carbocycles. The zero-order valence-corrected chi connectivity index (χ0v) is 16.0. The summed E-state index contributed by atoms with van der Waals surface area (Å²) in [5.74, 6) is 0. The van der Waals surface area contributed by atoms with E-state index in [1.54, 1.807) is 12.7 Å². The van der Waals surface area contributed by atoms with Gasteiger partial charge in [-0.15, -0.1) is 0 Å². The second-order valence-electron chi connectivity index (χ2n) is 6.32. The third kappa shape index (κ3) is 3.27. The molecular formula is C23H21N5. The minimum Gasteiger partial charge on any atom is -0.256 e. The van der Waals surface area contributed by atoms with Gasteiger partial charge in [0.2, 0.25) is 0 Å². The van der Waals surface area contributed by atoms with Crippen LogP contribution in [-0.4, -0.2) is 24.9 Å². The molecule has 5 nitrogen and oxygen atoms in total. The second-order valence-corrected chi connectivity index (χ2v) is 6.32. The quantitative estimate of drug-likeness (QED) is 0.395. The van der Waals surface area contributed by atoms with Crippen molar-refractivity contribution in [2.24, 2.45) is 0 Å². The molecule has 3 aromatic heterocycles. The molecule has 28 heavy (non-hydrogen) atoms. The third-order valence-electron chi connectivity index (χ3n) is 4.73. The standard InChI is InChI=1S/C12H9N.C9H6N4.C2H6/c1-2-6-11-9(4-1)8-10-5-3-7-13-12(10)11;1-6-2-10-4-12-8(6)9-7(1)3-11-5-13-9;1-2/h1-7H,8H2;2-5H,1H2;1-2H3. The van der Waals surface area contributed by atoms with Crippen LogP contribution >= 0.6 is 0 Å². The summed E-state index contributed by atoms with van der Waals surface area (Å²) in [5, 5.41) is 0. The minimum atomic E-state index is 0.854. The summed E-state index contributed by atoms with van der Waals surface area (Å²) in [5.41, 5.74) is 9.40. The van der Waals surface area contributed by atoms with Gasteiger partial charge in [-0.25, -0.2) is 19.9 Å². The normalized spacial score (nSPS) is 11.6. The molecule has 138 valence electrons. The Bertz CT molecular complexity index is 931. The van der Waals surface area contributed by atoms with E-state index in [2.05, 4.69) is 55.3 Å². The molecule has 4 aromatic rings. The molecule has 0 radical (unpaired) electrons. The van der Waals surface area contributed by atoms with Crippen LogP contribution in [0.5, 0.6) is 0 Å². The van der Waals surface area contributed by atoms with Crippen molar-refractivity contribution >= 4 is 0 Å². The summed E-state index contributed by atoms with van der Waals surface area (Å²) in [7, 11) is 0. The van der Waals surface area contributed by atoms with Gasteiger partial charge in [0.1, 0.15) is 12.7 Å². The molecule has 0 aliphatic heterocycles. The molecule has 0 amide bonds. The molecule has 6 rings (SSSR count). The highest BCUT2D eigenvalue weighted by Gasteiger charge is 2.20. The molecule has 0 N–H and O–H groups in total. The van der Waals surface area contributed by atoms with Crippen LogP contribution in [-0.2, 0) is 12.8 Å². The molecule has 2 aliphatic rings. The van der Waals surface area contributed by atoms with Gasteiger partial charge >= 0.3 is 0 Å². The third-order valence-corrected chi connectivity index (χ3v) is 4.73. The van der Waals surface area contributed by atoms with E-state index in [1.807, 2.05) is 38.5 Å². The molecule has 5 heteroatoms. The number of hydrogen-bond acceptors (Lipinski definition) is 5. The maximum Gasteiger partial charge on any atom is 0.116 e. The van der Waals surface area contributed by atoms with Crippen molar-refractivity contribution in [3.05, 3.63) is 89.9 Å². The van der Waals surface area contributed by atoms with Gasteiger partial charge in [-0.05, 0) is 17.2 Å². The minimum absolute atomic E-state index is 0.854. The lowest BCUT2D eigenvalue weighted by molar-refractivity contribution is 1.11. The second kappa shape index (κ2) is 8.05. The zero-order valence-electron chi connectivity index (χ0n) is 16.0. The summed E-state index contributed by atoms with van der Waals surface area (Å²) in [6, 6.07) is 12.6. The van der Waals surface area contributed by atoms with E-state index in [9.17, 15) is 0 Å². The molecule has 3 heterocycles. The SMILES string of the molecule is CC.c1ccc2c(c1)Cc1cccnc1-2.c1ncc2c(n1)-c1ncncc1C2. The molecule has 2 aliphatic carbocycles. The highest BCUT2D eigenvalue weighted by atomic mass is 14.9. The Morgan fingerprint density at radius 2 is 1.21 bits per heavy atom. The first-order valence-electron chi connectivity index (χ1n) is 9.50. The fraction of sp³-hybridized carbons (Fsp3) is 0.174. The molecule has 0 bridgehead atoms. The van der Waals surface area contributed by atoms with E-state index in [-0.39, 0.29) is 0 Å². The van der Waals surface area contributed by atoms with E-state index in [0.29, 0.717) is 0 Å². The average Bonchev–Trinajstić information content (AvgIpc) is 3.34. The lowest BCUT2D eigenvalue weighted by Crippen LogP contribution is -1.87. The average molecular weight is 367 g/mol. The topological polar surface area (TPSA) is 64.5 Å². The van der Waals surface area contributed by atoms with Crippen LogP contribution in [0.15, 0.2) is 67.6 Å². The zero-order chi connectivity index (χ0) is 19.3. The summed E-state index contributed by atoms with van der Waals surface area (Å²) < 4.78 is 0. The summed E-state index contributed by atoms with van der Waals surface area (Å²) in [6.45, 7) is 4.00. The maximum absolute atomic E-state index is 4.40. The van der Waals surface area contributed by atoms with Crippen molar-refractivity contribution < 1.29 is 0 Å². The monoisotopic (exact) mass is 367 g/mol. The van der Waals surface area contributed by atoms with Crippen molar-refractivity contribution in [3.63, 3.8) is 0 Å². The highest BCUT2D eigenvalue weighted by molar-refractivity contribution is 5.73. The van der Waals surface area contributed by atoms with Crippen LogP contribution in [0.1, 0.15) is 36.1 Å². The summed E-state index contributed by atoms with van der Waals surface area (Å²) >= 11 is 0. The number of fused-ring (bicyclic) bond motifs is 6. The molecule has 0 saturated heterocycles. The fourth-order valence-electron chi connectivity index (χ4n) is 3.54. The van der Waals surface area contributed by atoms with Crippen molar-refractivity contribution in [1.29, 1.82) is 0 Å². The number of benzene rings is 1. The largest absolute Gasteiger partial charge is 0.256 e. The van der Waals surface area contributed by atoms with Crippen molar-refractivity contribution in [2.75, 3.05) is 0 Å². The Morgan fingerprint density at radius 3 is 1.93 bits per heavy atom. The predicted molar refractivity (Wildman–Crippen MR) is 110 cm³/mol. The Balaban J connectivity index is 0.000000126. The fourth-order valence-corrected chi connectivity index (χ4v) is 3.54. The molecule has 0 saturated carbocycles. The van der Waals surface area contributed by atoms with Crippen LogP contribution < -0.4 is 0 Å². The van der Waals surface area contributed by atoms with Crippen LogP contribution in [0.3, 0.4) is 0 Å². The van der Waals surface area contributed by atoms with Gasteiger partial charge in [0.25, 0.3) is 0 Å². The first kappa shape index (κ1) is 17.9. The number of rotatable bonds is 0.